The third-order valence-electron chi connectivity index (χ3n) is 2.83. The van der Waals surface area contributed by atoms with Crippen LogP contribution in [-0.2, 0) is 9.22 Å². The van der Waals surface area contributed by atoms with Crippen molar-refractivity contribution in [3.05, 3.63) is 0 Å². The van der Waals surface area contributed by atoms with Gasteiger partial charge in [-0.05, 0) is 24.9 Å². The summed E-state index contributed by atoms with van der Waals surface area (Å²) in [6.07, 6.45) is 1.80. The van der Waals surface area contributed by atoms with E-state index >= 15 is 0 Å². The number of hydrogen-bond donors (Lipinski definition) is 0. The monoisotopic (exact) mass is 214 g/mol. The van der Waals surface area contributed by atoms with Gasteiger partial charge in [-0.25, -0.2) is 0 Å². The molecule has 82 valence electrons. The average Bonchev–Trinajstić information content (AvgIpc) is 2.27. The Balaban J connectivity index is 2.56. The summed E-state index contributed by atoms with van der Waals surface area (Å²) < 4.78 is 5.82. The lowest BCUT2D eigenvalue weighted by Gasteiger charge is -2.25. The van der Waals surface area contributed by atoms with E-state index in [4.69, 9.17) is 4.43 Å². The lowest BCUT2D eigenvalue weighted by atomic mass is 9.79. The molecule has 0 spiro atoms. The number of hydrogen-bond acceptors (Lipinski definition) is 2. The van der Waals surface area contributed by atoms with Crippen LogP contribution in [0, 0.1) is 11.3 Å². The van der Waals surface area contributed by atoms with Gasteiger partial charge < -0.3 is 4.43 Å². The summed E-state index contributed by atoms with van der Waals surface area (Å²) in [4.78, 5) is 11.7. The second-order valence-electron chi connectivity index (χ2n) is 5.63. The molecule has 1 aliphatic rings. The predicted octanol–water partition coefficient (Wildman–Crippen LogP) is 2.38. The van der Waals surface area contributed by atoms with Crippen LogP contribution in [0.15, 0.2) is 0 Å². The van der Waals surface area contributed by atoms with Gasteiger partial charge in [-0.2, -0.15) is 0 Å². The minimum absolute atomic E-state index is 0.105. The zero-order valence-corrected chi connectivity index (χ0v) is 11.1. The Morgan fingerprint density at radius 3 is 2.29 bits per heavy atom. The summed E-state index contributed by atoms with van der Waals surface area (Å²) >= 11 is 0. The molecule has 2 atom stereocenters. The molecule has 0 aromatic rings. The van der Waals surface area contributed by atoms with Crippen LogP contribution in [0.1, 0.15) is 33.6 Å². The highest BCUT2D eigenvalue weighted by molar-refractivity contribution is 6.48. The predicted molar refractivity (Wildman–Crippen MR) is 60.9 cm³/mol. The fourth-order valence-corrected chi connectivity index (χ4v) is 3.15. The van der Waals surface area contributed by atoms with Crippen LogP contribution >= 0.6 is 0 Å². The highest BCUT2D eigenvalue weighted by Gasteiger charge is 2.40. The molecule has 14 heavy (non-hydrogen) atoms. The molecule has 0 heterocycles. The highest BCUT2D eigenvalue weighted by Crippen LogP contribution is 2.38. The Morgan fingerprint density at radius 1 is 1.36 bits per heavy atom. The molecule has 0 aliphatic heterocycles. The van der Waals surface area contributed by atoms with Crippen molar-refractivity contribution < 1.29 is 9.22 Å². The van der Waals surface area contributed by atoms with Gasteiger partial charge in [0.15, 0.2) is 9.04 Å². The standard InChI is InChI=1S/C11H22O2Si/c1-11(2,3)9-6-8(7-10(9)12)13-14(4)5/h8-9,14H,6-7H2,1-5H3. The number of carbonyl (C=O) groups excluding carboxylic acids is 1. The van der Waals surface area contributed by atoms with E-state index in [0.29, 0.717) is 12.2 Å². The number of rotatable bonds is 2. The van der Waals surface area contributed by atoms with Crippen molar-refractivity contribution in [2.24, 2.45) is 11.3 Å². The zero-order chi connectivity index (χ0) is 10.9. The van der Waals surface area contributed by atoms with Gasteiger partial charge in [0.2, 0.25) is 0 Å². The zero-order valence-electron chi connectivity index (χ0n) is 9.96. The normalized spacial score (nSPS) is 28.9. The number of Topliss-reactive ketones (excluding diaryl/α,β-unsaturated/α-hetero) is 1. The minimum Gasteiger partial charge on any atom is -0.417 e. The Kier molecular flexibility index (Phi) is 3.53. The summed E-state index contributed by atoms with van der Waals surface area (Å²) in [5, 5.41) is 0. The van der Waals surface area contributed by atoms with Crippen LogP contribution in [0.4, 0.5) is 0 Å². The lowest BCUT2D eigenvalue weighted by Crippen LogP contribution is -2.24. The summed E-state index contributed by atoms with van der Waals surface area (Å²) in [5.74, 6) is 0.609. The van der Waals surface area contributed by atoms with Crippen molar-refractivity contribution in [3.8, 4) is 0 Å². The maximum absolute atomic E-state index is 11.7. The van der Waals surface area contributed by atoms with E-state index in [1.54, 1.807) is 0 Å². The summed E-state index contributed by atoms with van der Waals surface area (Å²) in [5.41, 5.74) is 0.105. The first-order valence-electron chi connectivity index (χ1n) is 5.49. The summed E-state index contributed by atoms with van der Waals surface area (Å²) in [6, 6.07) is 0. The molecule has 3 heteroatoms. The molecule has 0 N–H and O–H groups in total. The molecule has 1 rings (SSSR count). The van der Waals surface area contributed by atoms with Crippen molar-refractivity contribution in [3.63, 3.8) is 0 Å². The van der Waals surface area contributed by atoms with Gasteiger partial charge in [0.1, 0.15) is 5.78 Å². The molecule has 0 saturated heterocycles. The van der Waals surface area contributed by atoms with E-state index in [2.05, 4.69) is 33.9 Å². The largest absolute Gasteiger partial charge is 0.417 e. The van der Waals surface area contributed by atoms with Gasteiger partial charge in [-0.15, -0.1) is 0 Å². The van der Waals surface area contributed by atoms with Crippen LogP contribution in [-0.4, -0.2) is 20.9 Å². The van der Waals surface area contributed by atoms with Crippen LogP contribution in [0.2, 0.25) is 13.1 Å². The molecule has 0 bridgehead atoms. The summed E-state index contributed by atoms with van der Waals surface area (Å²) in [7, 11) is -0.984. The van der Waals surface area contributed by atoms with E-state index < -0.39 is 9.04 Å². The smallest absolute Gasteiger partial charge is 0.171 e. The van der Waals surface area contributed by atoms with Gasteiger partial charge in [-0.1, -0.05) is 20.8 Å². The van der Waals surface area contributed by atoms with E-state index in [0.717, 1.165) is 6.42 Å². The van der Waals surface area contributed by atoms with E-state index in [-0.39, 0.29) is 17.4 Å². The third kappa shape index (κ3) is 2.92. The van der Waals surface area contributed by atoms with Gasteiger partial charge in [0, 0.05) is 12.3 Å². The van der Waals surface area contributed by atoms with Crippen LogP contribution in [0.5, 0.6) is 0 Å². The SMILES string of the molecule is C[SiH](C)OC1CC(=O)C(C(C)(C)C)C1. The Labute approximate surface area is 88.8 Å². The lowest BCUT2D eigenvalue weighted by molar-refractivity contribution is -0.123. The second-order valence-corrected chi connectivity index (χ2v) is 8.00. The van der Waals surface area contributed by atoms with Crippen LogP contribution in [0.25, 0.3) is 0 Å². The Bertz CT molecular complexity index is 218. The summed E-state index contributed by atoms with van der Waals surface area (Å²) in [6.45, 7) is 10.8. The molecular weight excluding hydrogens is 192 g/mol. The molecule has 2 nitrogen and oxygen atoms in total. The molecule has 0 aromatic carbocycles. The third-order valence-corrected chi connectivity index (χ3v) is 3.76. The first-order chi connectivity index (χ1) is 6.30. The molecule has 1 fully saturated rings. The van der Waals surface area contributed by atoms with Gasteiger partial charge in [0.05, 0.1) is 6.10 Å². The van der Waals surface area contributed by atoms with Gasteiger partial charge in [0.25, 0.3) is 0 Å². The van der Waals surface area contributed by atoms with Gasteiger partial charge >= 0.3 is 0 Å². The van der Waals surface area contributed by atoms with Crippen LogP contribution < -0.4 is 0 Å². The minimum atomic E-state index is -0.984. The fraction of sp³-hybridized carbons (Fsp3) is 0.909. The molecule has 1 aliphatic carbocycles. The quantitative estimate of drug-likeness (QED) is 0.660. The topological polar surface area (TPSA) is 26.3 Å². The maximum Gasteiger partial charge on any atom is 0.171 e. The van der Waals surface area contributed by atoms with Crippen molar-refractivity contribution in [1.29, 1.82) is 0 Å². The van der Waals surface area contributed by atoms with E-state index in [1.807, 2.05) is 0 Å². The highest BCUT2D eigenvalue weighted by atomic mass is 28.3. The number of carbonyl (C=O) groups is 1. The van der Waals surface area contributed by atoms with Crippen molar-refractivity contribution in [2.45, 2.75) is 52.8 Å². The van der Waals surface area contributed by atoms with E-state index in [1.165, 1.54) is 0 Å². The molecule has 0 radical (unpaired) electrons. The average molecular weight is 214 g/mol. The molecule has 2 unspecified atom stereocenters. The fourth-order valence-electron chi connectivity index (χ4n) is 2.17. The Hall–Kier alpha value is -0.153. The van der Waals surface area contributed by atoms with Gasteiger partial charge in [-0.3, -0.25) is 4.79 Å². The molecule has 1 saturated carbocycles. The van der Waals surface area contributed by atoms with Crippen LogP contribution in [0.3, 0.4) is 0 Å². The van der Waals surface area contributed by atoms with Crippen molar-refractivity contribution in [1.82, 2.24) is 0 Å². The number of ketones is 1. The second kappa shape index (κ2) is 4.15. The van der Waals surface area contributed by atoms with Crippen molar-refractivity contribution in [2.75, 3.05) is 0 Å². The molecular formula is C11H22O2Si. The van der Waals surface area contributed by atoms with Crippen molar-refractivity contribution >= 4 is 14.8 Å². The van der Waals surface area contributed by atoms with E-state index in [9.17, 15) is 4.79 Å². The maximum atomic E-state index is 11.7. The molecule has 0 aromatic heterocycles. The first-order valence-corrected chi connectivity index (χ1v) is 8.27. The Morgan fingerprint density at radius 2 is 1.93 bits per heavy atom. The molecule has 0 amide bonds. The first kappa shape index (κ1) is 11.9.